The minimum Gasteiger partial charge on any atom is -0.377 e. The number of nitrogens with zero attached hydrogens (tertiary/aromatic N) is 3. The van der Waals surface area contributed by atoms with Gasteiger partial charge < -0.3 is 14.6 Å². The molecule has 1 aliphatic heterocycles. The Morgan fingerprint density at radius 3 is 2.68 bits per heavy atom. The molecule has 0 aliphatic carbocycles. The van der Waals surface area contributed by atoms with Crippen LogP contribution in [0.25, 0.3) is 0 Å². The van der Waals surface area contributed by atoms with Gasteiger partial charge in [-0.2, -0.15) is 0 Å². The van der Waals surface area contributed by atoms with Gasteiger partial charge in [0, 0.05) is 19.7 Å². The van der Waals surface area contributed by atoms with Crippen molar-refractivity contribution in [3.63, 3.8) is 0 Å². The largest absolute Gasteiger partial charge is 0.377 e. The monoisotopic (exact) mass is 266 g/mol. The molecule has 0 amide bonds. The van der Waals surface area contributed by atoms with Gasteiger partial charge in [-0.3, -0.25) is 0 Å². The minimum atomic E-state index is 0.216. The molecule has 0 saturated carbocycles. The summed E-state index contributed by atoms with van der Waals surface area (Å²) < 4.78 is 7.85. The van der Waals surface area contributed by atoms with E-state index in [4.69, 9.17) is 4.74 Å². The molecule has 5 nitrogen and oxygen atoms in total. The second kappa shape index (κ2) is 6.48. The summed E-state index contributed by atoms with van der Waals surface area (Å²) in [7, 11) is 1.99. The Hall–Kier alpha value is -0.940. The van der Waals surface area contributed by atoms with Crippen molar-refractivity contribution in [1.29, 1.82) is 0 Å². The first-order valence-electron chi connectivity index (χ1n) is 7.31. The Labute approximate surface area is 115 Å². The van der Waals surface area contributed by atoms with E-state index in [2.05, 4.69) is 36.3 Å². The lowest BCUT2D eigenvalue weighted by molar-refractivity contribution is -0.00760. The first kappa shape index (κ1) is 14.5. The van der Waals surface area contributed by atoms with Crippen LogP contribution in [0.5, 0.6) is 0 Å². The number of aromatic nitrogens is 3. The lowest BCUT2D eigenvalue weighted by Gasteiger charge is -2.32. The van der Waals surface area contributed by atoms with E-state index in [0.717, 1.165) is 18.9 Å². The van der Waals surface area contributed by atoms with E-state index < -0.39 is 0 Å². The minimum absolute atomic E-state index is 0.216. The molecule has 108 valence electrons. The van der Waals surface area contributed by atoms with Crippen molar-refractivity contribution in [3.05, 3.63) is 12.2 Å². The summed E-state index contributed by atoms with van der Waals surface area (Å²) in [5, 5.41) is 11.9. The van der Waals surface area contributed by atoms with E-state index in [1.807, 2.05) is 11.6 Å². The average molecular weight is 266 g/mol. The van der Waals surface area contributed by atoms with Crippen LogP contribution < -0.4 is 5.32 Å². The van der Waals surface area contributed by atoms with Crippen LogP contribution in [0.4, 0.5) is 0 Å². The highest BCUT2D eigenvalue weighted by molar-refractivity contribution is 4.97. The van der Waals surface area contributed by atoms with Crippen LogP contribution in [0, 0.1) is 5.92 Å². The third kappa shape index (κ3) is 3.54. The molecule has 0 bridgehead atoms. The average Bonchev–Trinajstić information content (AvgIpc) is 2.82. The molecule has 0 radical (unpaired) electrons. The van der Waals surface area contributed by atoms with Gasteiger partial charge in [-0.25, -0.2) is 0 Å². The SMILES string of the molecule is CC(C)[C@H](N[C@@H](C)[C@@H]1CCCCO1)c1nncn1C. The van der Waals surface area contributed by atoms with Gasteiger partial charge in [0.25, 0.3) is 0 Å². The van der Waals surface area contributed by atoms with Crippen molar-refractivity contribution in [2.24, 2.45) is 13.0 Å². The van der Waals surface area contributed by atoms with Gasteiger partial charge in [0.15, 0.2) is 0 Å². The summed E-state index contributed by atoms with van der Waals surface area (Å²) in [6.07, 6.45) is 5.70. The Morgan fingerprint density at radius 1 is 1.37 bits per heavy atom. The van der Waals surface area contributed by atoms with Crippen LogP contribution in [-0.2, 0) is 11.8 Å². The van der Waals surface area contributed by atoms with Crippen molar-refractivity contribution < 1.29 is 4.74 Å². The molecule has 2 rings (SSSR count). The molecule has 3 atom stereocenters. The summed E-state index contributed by atoms with van der Waals surface area (Å²) in [5.74, 6) is 1.46. The van der Waals surface area contributed by atoms with Crippen molar-refractivity contribution in [1.82, 2.24) is 20.1 Å². The smallest absolute Gasteiger partial charge is 0.149 e. The molecule has 1 fully saturated rings. The number of ether oxygens (including phenoxy) is 1. The van der Waals surface area contributed by atoms with Crippen LogP contribution >= 0.6 is 0 Å². The zero-order valence-corrected chi connectivity index (χ0v) is 12.5. The molecular weight excluding hydrogens is 240 g/mol. The van der Waals surface area contributed by atoms with Crippen LogP contribution in [0.15, 0.2) is 6.33 Å². The Kier molecular flexibility index (Phi) is 4.93. The predicted molar refractivity (Wildman–Crippen MR) is 74.8 cm³/mol. The normalized spacial score (nSPS) is 23.5. The molecular formula is C14H26N4O. The van der Waals surface area contributed by atoms with E-state index in [1.54, 1.807) is 6.33 Å². The number of nitrogens with one attached hydrogen (secondary N) is 1. The highest BCUT2D eigenvalue weighted by Crippen LogP contribution is 2.23. The van der Waals surface area contributed by atoms with Gasteiger partial charge >= 0.3 is 0 Å². The molecule has 0 spiro atoms. The molecule has 5 heteroatoms. The second-order valence-corrected chi connectivity index (χ2v) is 5.88. The molecule has 1 aliphatic rings. The standard InChI is InChI=1S/C14H26N4O/c1-10(2)13(14-17-15-9-18(14)4)16-11(3)12-7-5-6-8-19-12/h9-13,16H,5-8H2,1-4H3/t11-,12-,13-/m0/s1. The van der Waals surface area contributed by atoms with Crippen LogP contribution in [0.2, 0.25) is 0 Å². The first-order valence-corrected chi connectivity index (χ1v) is 7.31. The molecule has 2 heterocycles. The van der Waals surface area contributed by atoms with Crippen molar-refractivity contribution in [2.75, 3.05) is 6.61 Å². The molecule has 0 aromatic carbocycles. The van der Waals surface area contributed by atoms with Gasteiger partial charge in [-0.15, -0.1) is 10.2 Å². The Morgan fingerprint density at radius 2 is 2.16 bits per heavy atom. The van der Waals surface area contributed by atoms with E-state index >= 15 is 0 Å². The van der Waals surface area contributed by atoms with E-state index in [9.17, 15) is 0 Å². The molecule has 19 heavy (non-hydrogen) atoms. The summed E-state index contributed by atoms with van der Waals surface area (Å²) in [6.45, 7) is 7.52. The first-order chi connectivity index (χ1) is 9.09. The van der Waals surface area contributed by atoms with Crippen molar-refractivity contribution in [2.45, 2.75) is 58.2 Å². The highest BCUT2D eigenvalue weighted by Gasteiger charge is 2.27. The Balaban J connectivity index is 2.02. The topological polar surface area (TPSA) is 52.0 Å². The maximum Gasteiger partial charge on any atom is 0.149 e. The number of aryl methyl sites for hydroxylation is 1. The third-order valence-corrected chi connectivity index (χ3v) is 3.91. The number of rotatable bonds is 5. The summed E-state index contributed by atoms with van der Waals surface area (Å²) in [6, 6.07) is 0.553. The fraction of sp³-hybridized carbons (Fsp3) is 0.857. The summed E-state index contributed by atoms with van der Waals surface area (Å²) in [4.78, 5) is 0. The summed E-state index contributed by atoms with van der Waals surface area (Å²) >= 11 is 0. The fourth-order valence-electron chi connectivity index (χ4n) is 2.69. The van der Waals surface area contributed by atoms with E-state index in [0.29, 0.717) is 18.1 Å². The lowest BCUT2D eigenvalue weighted by Crippen LogP contribution is -2.44. The second-order valence-electron chi connectivity index (χ2n) is 5.88. The van der Waals surface area contributed by atoms with Crippen LogP contribution in [-0.4, -0.2) is 33.5 Å². The van der Waals surface area contributed by atoms with E-state index in [-0.39, 0.29) is 6.04 Å². The molecule has 0 unspecified atom stereocenters. The highest BCUT2D eigenvalue weighted by atomic mass is 16.5. The molecule has 1 aromatic heterocycles. The Bertz CT molecular complexity index is 385. The molecule has 1 N–H and O–H groups in total. The van der Waals surface area contributed by atoms with Crippen LogP contribution in [0.3, 0.4) is 0 Å². The fourth-order valence-corrected chi connectivity index (χ4v) is 2.69. The van der Waals surface area contributed by atoms with Crippen molar-refractivity contribution in [3.8, 4) is 0 Å². The zero-order chi connectivity index (χ0) is 13.8. The maximum atomic E-state index is 5.86. The van der Waals surface area contributed by atoms with Crippen LogP contribution in [0.1, 0.15) is 51.9 Å². The lowest BCUT2D eigenvalue weighted by atomic mass is 9.98. The molecule has 1 aromatic rings. The van der Waals surface area contributed by atoms with Gasteiger partial charge in [0.1, 0.15) is 12.2 Å². The summed E-state index contributed by atoms with van der Waals surface area (Å²) in [5.41, 5.74) is 0. The molecule has 1 saturated heterocycles. The van der Waals surface area contributed by atoms with Gasteiger partial charge in [-0.1, -0.05) is 13.8 Å². The van der Waals surface area contributed by atoms with Crippen molar-refractivity contribution >= 4 is 0 Å². The number of hydrogen-bond donors (Lipinski definition) is 1. The maximum absolute atomic E-state index is 5.86. The van der Waals surface area contributed by atoms with Gasteiger partial charge in [0.05, 0.1) is 12.1 Å². The van der Waals surface area contributed by atoms with Gasteiger partial charge in [0.2, 0.25) is 0 Å². The predicted octanol–water partition coefficient (Wildman–Crippen LogP) is 2.06. The zero-order valence-electron chi connectivity index (χ0n) is 12.5. The third-order valence-electron chi connectivity index (χ3n) is 3.91. The quantitative estimate of drug-likeness (QED) is 0.886. The van der Waals surface area contributed by atoms with Gasteiger partial charge in [-0.05, 0) is 32.1 Å². The number of hydrogen-bond acceptors (Lipinski definition) is 4. The van der Waals surface area contributed by atoms with E-state index in [1.165, 1.54) is 12.8 Å².